The number of esters is 1. The molecule has 0 aromatic heterocycles. The summed E-state index contributed by atoms with van der Waals surface area (Å²) in [4.78, 5) is 52.1. The van der Waals surface area contributed by atoms with Gasteiger partial charge in [0.25, 0.3) is 0 Å². The highest BCUT2D eigenvalue weighted by atomic mass is 16.6. The maximum atomic E-state index is 13.7. The molecule has 0 radical (unpaired) electrons. The van der Waals surface area contributed by atoms with E-state index in [0.717, 1.165) is 4.90 Å². The van der Waals surface area contributed by atoms with E-state index in [9.17, 15) is 29.5 Å². The van der Waals surface area contributed by atoms with Crippen molar-refractivity contribution in [2.45, 2.75) is 65.6 Å². The van der Waals surface area contributed by atoms with Crippen molar-refractivity contribution in [2.24, 2.45) is 5.92 Å². The zero-order valence-corrected chi connectivity index (χ0v) is 21.9. The number of benzene rings is 1. The van der Waals surface area contributed by atoms with Crippen LogP contribution in [0.3, 0.4) is 0 Å². The molecule has 0 saturated carbocycles. The molecule has 3 amide bonds. The van der Waals surface area contributed by atoms with Gasteiger partial charge in [0, 0.05) is 0 Å². The predicted octanol–water partition coefficient (Wildman–Crippen LogP) is 2.32. The number of nitrogens with one attached hydrogen (secondary N) is 2. The van der Waals surface area contributed by atoms with Crippen LogP contribution >= 0.6 is 0 Å². The zero-order valence-electron chi connectivity index (χ0n) is 21.9. The van der Waals surface area contributed by atoms with Gasteiger partial charge >= 0.3 is 12.1 Å². The Kier molecular flexibility index (Phi) is 11.2. The van der Waals surface area contributed by atoms with Crippen molar-refractivity contribution in [1.82, 2.24) is 15.5 Å². The van der Waals surface area contributed by atoms with Crippen LogP contribution in [0.15, 0.2) is 18.2 Å². The van der Waals surface area contributed by atoms with Crippen LogP contribution < -0.4 is 10.6 Å². The summed E-state index contributed by atoms with van der Waals surface area (Å²) in [6.45, 7) is 9.44. The van der Waals surface area contributed by atoms with Crippen LogP contribution in [-0.4, -0.2) is 65.7 Å². The molecule has 2 unspecified atom stereocenters. The molecule has 0 saturated heterocycles. The van der Waals surface area contributed by atoms with Gasteiger partial charge in [-0.05, 0) is 63.3 Å². The van der Waals surface area contributed by atoms with Gasteiger partial charge in [-0.3, -0.25) is 14.4 Å². The molecule has 11 heteroatoms. The quantitative estimate of drug-likeness (QED) is 0.323. The number of ether oxygens (including phenoxy) is 2. The number of hydrogen-bond donors (Lipinski definition) is 3. The smallest absolute Gasteiger partial charge is 0.408 e. The lowest BCUT2D eigenvalue weighted by molar-refractivity contribution is -0.144. The summed E-state index contributed by atoms with van der Waals surface area (Å²) < 4.78 is 9.85. The molecule has 0 aliphatic rings. The minimum atomic E-state index is -1.34. The van der Waals surface area contributed by atoms with E-state index in [1.54, 1.807) is 27.7 Å². The average molecular weight is 505 g/mol. The Morgan fingerprint density at radius 1 is 1.19 bits per heavy atom. The number of phenolic OH excluding ortho intramolecular Hbond substituents is 1. The lowest BCUT2D eigenvalue weighted by atomic mass is 9.98. The Balaban J connectivity index is 3.48. The van der Waals surface area contributed by atoms with Gasteiger partial charge in [-0.15, -0.1) is 0 Å². The van der Waals surface area contributed by atoms with E-state index in [-0.39, 0.29) is 18.1 Å². The molecular formula is C25H36N4O7. The molecule has 198 valence electrons. The molecule has 1 rings (SSSR count). The van der Waals surface area contributed by atoms with Crippen molar-refractivity contribution >= 4 is 23.9 Å². The first-order valence-electron chi connectivity index (χ1n) is 11.5. The second-order valence-corrected chi connectivity index (χ2v) is 9.70. The van der Waals surface area contributed by atoms with Crippen molar-refractivity contribution in [1.29, 1.82) is 5.26 Å². The fourth-order valence-electron chi connectivity index (χ4n) is 3.37. The maximum Gasteiger partial charge on any atom is 0.408 e. The van der Waals surface area contributed by atoms with Gasteiger partial charge in [-0.2, -0.15) is 5.26 Å². The normalized spacial score (nSPS) is 12.6. The van der Waals surface area contributed by atoms with E-state index in [4.69, 9.17) is 4.74 Å². The van der Waals surface area contributed by atoms with E-state index in [2.05, 4.69) is 15.4 Å². The van der Waals surface area contributed by atoms with E-state index >= 15 is 0 Å². The lowest BCUT2D eigenvalue weighted by Gasteiger charge is -2.33. The number of hydrogen-bond acceptors (Lipinski definition) is 8. The number of aromatic hydroxyl groups is 1. The zero-order chi connectivity index (χ0) is 27.6. The second-order valence-electron chi connectivity index (χ2n) is 9.70. The van der Waals surface area contributed by atoms with Gasteiger partial charge in [0.05, 0.1) is 13.2 Å². The van der Waals surface area contributed by atoms with E-state index in [0.29, 0.717) is 11.1 Å². The summed E-state index contributed by atoms with van der Waals surface area (Å²) in [7, 11) is 1.17. The van der Waals surface area contributed by atoms with Crippen molar-refractivity contribution in [2.75, 3.05) is 20.2 Å². The van der Waals surface area contributed by atoms with Crippen LogP contribution in [0.1, 0.15) is 58.2 Å². The Bertz CT molecular complexity index is 995. The fourth-order valence-corrected chi connectivity index (χ4v) is 3.37. The van der Waals surface area contributed by atoms with Crippen molar-refractivity contribution in [3.05, 3.63) is 29.3 Å². The Hall–Kier alpha value is -3.81. The summed E-state index contributed by atoms with van der Waals surface area (Å²) in [5.74, 6) is -2.17. The van der Waals surface area contributed by atoms with Gasteiger partial charge in [0.2, 0.25) is 11.8 Å². The molecule has 36 heavy (non-hydrogen) atoms. The molecular weight excluding hydrogens is 468 g/mol. The molecule has 0 aliphatic heterocycles. The Morgan fingerprint density at radius 3 is 2.33 bits per heavy atom. The third kappa shape index (κ3) is 9.44. The van der Waals surface area contributed by atoms with Crippen LogP contribution in [0.5, 0.6) is 5.75 Å². The third-order valence-corrected chi connectivity index (χ3v) is 4.95. The molecule has 11 nitrogen and oxygen atoms in total. The van der Waals surface area contributed by atoms with Crippen molar-refractivity contribution < 1.29 is 33.8 Å². The summed E-state index contributed by atoms with van der Waals surface area (Å²) in [5, 5.41) is 24.4. The molecule has 0 spiro atoms. The van der Waals surface area contributed by atoms with Crippen LogP contribution in [0.25, 0.3) is 0 Å². The van der Waals surface area contributed by atoms with Crippen LogP contribution in [0.2, 0.25) is 0 Å². The number of amides is 3. The Labute approximate surface area is 211 Å². The third-order valence-electron chi connectivity index (χ3n) is 4.95. The minimum absolute atomic E-state index is 0.0186. The topological polar surface area (TPSA) is 158 Å². The number of rotatable bonds is 10. The lowest BCUT2D eigenvalue weighted by Crippen LogP contribution is -2.53. The average Bonchev–Trinajstić information content (AvgIpc) is 2.76. The number of carbonyl (C=O) groups is 4. The van der Waals surface area contributed by atoms with Gasteiger partial charge < -0.3 is 30.1 Å². The van der Waals surface area contributed by atoms with E-state index in [1.807, 2.05) is 19.9 Å². The summed E-state index contributed by atoms with van der Waals surface area (Å²) in [6.07, 6.45) is -0.601. The summed E-state index contributed by atoms with van der Waals surface area (Å²) >= 11 is 0. The maximum absolute atomic E-state index is 13.7. The van der Waals surface area contributed by atoms with Gasteiger partial charge in [0.1, 0.15) is 36.5 Å². The number of carbonyl (C=O) groups excluding carboxylic acids is 4. The minimum Gasteiger partial charge on any atom is -0.508 e. The van der Waals surface area contributed by atoms with E-state index < -0.39 is 54.7 Å². The molecule has 3 N–H and O–H groups in total. The number of aryl methyl sites for hydroxylation is 1. The SMILES string of the molecule is COC(=O)CNC(=O)C(c1ccc(O)c(C)c1)N(CC#N)C(=O)C(CC(C)C)NC(=O)OC(C)(C)C. The van der Waals surface area contributed by atoms with E-state index in [1.165, 1.54) is 25.3 Å². The highest BCUT2D eigenvalue weighted by molar-refractivity contribution is 5.93. The number of alkyl carbamates (subject to hydrolysis) is 1. The summed E-state index contributed by atoms with van der Waals surface area (Å²) in [5.41, 5.74) is -0.0630. The number of nitriles is 1. The fraction of sp³-hybridized carbons (Fsp3) is 0.560. The first kappa shape index (κ1) is 30.2. The Morgan fingerprint density at radius 2 is 1.83 bits per heavy atom. The second kappa shape index (κ2) is 13.3. The van der Waals surface area contributed by atoms with Crippen molar-refractivity contribution in [3.63, 3.8) is 0 Å². The first-order chi connectivity index (χ1) is 16.7. The number of phenols is 1. The number of methoxy groups -OCH3 is 1. The molecule has 0 fully saturated rings. The highest BCUT2D eigenvalue weighted by Gasteiger charge is 2.37. The molecule has 0 bridgehead atoms. The molecule has 2 atom stereocenters. The summed E-state index contributed by atoms with van der Waals surface area (Å²) in [6, 6.07) is 3.78. The van der Waals surface area contributed by atoms with Crippen LogP contribution in [0.4, 0.5) is 4.79 Å². The molecule has 0 aliphatic carbocycles. The predicted molar refractivity (Wildman–Crippen MR) is 131 cm³/mol. The molecule has 0 heterocycles. The van der Waals surface area contributed by atoms with Crippen LogP contribution in [-0.2, 0) is 23.9 Å². The largest absolute Gasteiger partial charge is 0.508 e. The van der Waals surface area contributed by atoms with Crippen molar-refractivity contribution in [3.8, 4) is 11.8 Å². The van der Waals surface area contributed by atoms with Gasteiger partial charge in [-0.25, -0.2) is 4.79 Å². The standard InChI is InChI=1S/C25H36N4O7/c1-15(2)12-18(28-24(34)36-25(4,5)6)23(33)29(11-10-26)21(22(32)27-14-20(31)35-7)17-8-9-19(30)16(3)13-17/h8-9,13,15,18,21,30H,11-12,14H2,1-7H3,(H,27,32)(H,28,34). The molecule has 1 aromatic rings. The molecule has 1 aromatic carbocycles. The van der Waals surface area contributed by atoms with Crippen LogP contribution in [0, 0.1) is 24.2 Å². The van der Waals surface area contributed by atoms with Gasteiger partial charge in [-0.1, -0.05) is 19.9 Å². The van der Waals surface area contributed by atoms with Gasteiger partial charge in [0.15, 0.2) is 0 Å². The number of nitrogens with zero attached hydrogens (tertiary/aromatic N) is 2. The monoisotopic (exact) mass is 504 g/mol. The first-order valence-corrected chi connectivity index (χ1v) is 11.5. The highest BCUT2D eigenvalue weighted by Crippen LogP contribution is 2.27.